The van der Waals surface area contributed by atoms with Crippen LogP contribution in [0.1, 0.15) is 38.2 Å². The Kier molecular flexibility index (Phi) is 5.07. The SMILES string of the molecule is CCCCC(F)CC1=NC(N)C(=O)N(C)c2ccccc21. The van der Waals surface area contributed by atoms with Crippen LogP contribution in [0.25, 0.3) is 0 Å². The van der Waals surface area contributed by atoms with E-state index in [1.54, 1.807) is 7.05 Å². The summed E-state index contributed by atoms with van der Waals surface area (Å²) in [6.07, 6.45) is 0.603. The maximum atomic E-state index is 14.1. The van der Waals surface area contributed by atoms with Crippen molar-refractivity contribution in [3.8, 4) is 0 Å². The lowest BCUT2D eigenvalue weighted by atomic mass is 10.00. The molecule has 4 nitrogen and oxygen atoms in total. The van der Waals surface area contributed by atoms with Crippen LogP contribution in [0, 0.1) is 0 Å². The second kappa shape index (κ2) is 6.80. The third-order valence-corrected chi connectivity index (χ3v) is 3.74. The van der Waals surface area contributed by atoms with Gasteiger partial charge in [-0.2, -0.15) is 0 Å². The van der Waals surface area contributed by atoms with E-state index in [1.165, 1.54) is 4.90 Å². The number of carbonyl (C=O) groups excluding carboxylic acids is 1. The Bertz CT molecular complexity index is 544. The second-order valence-electron chi connectivity index (χ2n) is 5.38. The summed E-state index contributed by atoms with van der Waals surface area (Å²) >= 11 is 0. The van der Waals surface area contributed by atoms with Gasteiger partial charge in [0.2, 0.25) is 0 Å². The van der Waals surface area contributed by atoms with Crippen molar-refractivity contribution >= 4 is 17.3 Å². The Hall–Kier alpha value is -1.75. The lowest BCUT2D eigenvalue weighted by molar-refractivity contribution is -0.119. The van der Waals surface area contributed by atoms with Crippen LogP contribution in [0.4, 0.5) is 10.1 Å². The normalized spacial score (nSPS) is 19.8. The Morgan fingerprint density at radius 2 is 2.14 bits per heavy atom. The highest BCUT2D eigenvalue weighted by molar-refractivity contribution is 6.12. The molecule has 114 valence electrons. The standard InChI is InChI=1S/C16H22FN3O/c1-3-4-7-11(17)10-13-12-8-5-6-9-14(12)20(2)16(21)15(18)19-13/h5-6,8-9,11,15H,3-4,7,10,18H2,1-2H3. The quantitative estimate of drug-likeness (QED) is 0.906. The van der Waals surface area contributed by atoms with Gasteiger partial charge in [-0.15, -0.1) is 0 Å². The zero-order valence-electron chi connectivity index (χ0n) is 12.6. The summed E-state index contributed by atoms with van der Waals surface area (Å²) in [7, 11) is 1.67. The van der Waals surface area contributed by atoms with E-state index in [4.69, 9.17) is 5.73 Å². The lowest BCUT2D eigenvalue weighted by Crippen LogP contribution is -2.39. The number of amides is 1. The molecule has 1 aliphatic rings. The number of benzene rings is 1. The number of nitrogens with two attached hydrogens (primary N) is 1. The van der Waals surface area contributed by atoms with Gasteiger partial charge in [0, 0.05) is 24.7 Å². The summed E-state index contributed by atoms with van der Waals surface area (Å²) in [5.41, 5.74) is 7.92. The molecule has 0 spiro atoms. The Morgan fingerprint density at radius 1 is 1.43 bits per heavy atom. The molecule has 0 saturated carbocycles. The van der Waals surface area contributed by atoms with Gasteiger partial charge < -0.3 is 10.6 Å². The highest BCUT2D eigenvalue weighted by atomic mass is 19.1. The fraction of sp³-hybridized carbons (Fsp3) is 0.500. The number of benzodiazepines with no additional fused rings is 1. The summed E-state index contributed by atoms with van der Waals surface area (Å²) in [5.74, 6) is -0.276. The van der Waals surface area contributed by atoms with Crippen LogP contribution in [0.5, 0.6) is 0 Å². The minimum atomic E-state index is -0.962. The molecule has 1 heterocycles. The minimum Gasteiger partial charge on any atom is -0.312 e. The second-order valence-corrected chi connectivity index (χ2v) is 5.38. The van der Waals surface area contributed by atoms with E-state index in [-0.39, 0.29) is 12.3 Å². The van der Waals surface area contributed by atoms with Crippen LogP contribution in [0.3, 0.4) is 0 Å². The molecule has 2 N–H and O–H groups in total. The number of hydrogen-bond donors (Lipinski definition) is 1. The van der Waals surface area contributed by atoms with E-state index in [1.807, 2.05) is 31.2 Å². The number of aliphatic imine (C=N–C) groups is 1. The average Bonchev–Trinajstić information content (AvgIpc) is 2.57. The van der Waals surface area contributed by atoms with Crippen LogP contribution in [-0.2, 0) is 4.79 Å². The number of rotatable bonds is 5. The molecule has 21 heavy (non-hydrogen) atoms. The third kappa shape index (κ3) is 3.47. The summed E-state index contributed by atoms with van der Waals surface area (Å²) in [5, 5.41) is 0. The number of fused-ring (bicyclic) bond motifs is 1. The van der Waals surface area contributed by atoms with Crippen molar-refractivity contribution in [2.24, 2.45) is 10.7 Å². The smallest absolute Gasteiger partial charge is 0.266 e. The first-order valence-electron chi connectivity index (χ1n) is 7.38. The molecule has 0 aromatic heterocycles. The van der Waals surface area contributed by atoms with E-state index >= 15 is 0 Å². The number of unbranched alkanes of at least 4 members (excludes halogenated alkanes) is 1. The minimum absolute atomic E-state index is 0.200. The van der Waals surface area contributed by atoms with Gasteiger partial charge in [-0.1, -0.05) is 38.0 Å². The molecule has 0 aliphatic carbocycles. The van der Waals surface area contributed by atoms with E-state index in [0.717, 1.165) is 24.1 Å². The molecule has 0 radical (unpaired) electrons. The topological polar surface area (TPSA) is 58.7 Å². The van der Waals surface area contributed by atoms with Gasteiger partial charge in [0.05, 0.1) is 5.69 Å². The molecule has 2 atom stereocenters. The summed E-state index contributed by atoms with van der Waals surface area (Å²) in [4.78, 5) is 17.9. The van der Waals surface area contributed by atoms with Gasteiger partial charge in [-0.25, -0.2) is 4.39 Å². The van der Waals surface area contributed by atoms with E-state index in [0.29, 0.717) is 12.1 Å². The van der Waals surface area contributed by atoms with Crippen LogP contribution in [-0.4, -0.2) is 31.0 Å². The van der Waals surface area contributed by atoms with Crippen molar-refractivity contribution in [3.05, 3.63) is 29.8 Å². The van der Waals surface area contributed by atoms with Crippen LogP contribution in [0.2, 0.25) is 0 Å². The van der Waals surface area contributed by atoms with Crippen molar-refractivity contribution in [1.82, 2.24) is 0 Å². The lowest BCUT2D eigenvalue weighted by Gasteiger charge is -2.18. The number of alkyl halides is 1. The van der Waals surface area contributed by atoms with Gasteiger partial charge in [-0.3, -0.25) is 9.79 Å². The number of nitrogens with zero attached hydrogens (tertiary/aromatic N) is 2. The highest BCUT2D eigenvalue weighted by Gasteiger charge is 2.27. The fourth-order valence-corrected chi connectivity index (χ4v) is 2.52. The molecular weight excluding hydrogens is 269 g/mol. The predicted molar refractivity (Wildman–Crippen MR) is 83.4 cm³/mol. The van der Waals surface area contributed by atoms with E-state index in [9.17, 15) is 9.18 Å². The number of hydrogen-bond acceptors (Lipinski definition) is 3. The van der Waals surface area contributed by atoms with E-state index < -0.39 is 12.3 Å². The molecule has 1 aromatic carbocycles. The average molecular weight is 291 g/mol. The molecule has 2 rings (SSSR count). The number of halogens is 1. The maximum Gasteiger partial charge on any atom is 0.266 e. The fourth-order valence-electron chi connectivity index (χ4n) is 2.52. The molecule has 2 unspecified atom stereocenters. The highest BCUT2D eigenvalue weighted by Crippen LogP contribution is 2.26. The van der Waals surface area contributed by atoms with Crippen molar-refractivity contribution in [2.45, 2.75) is 44.9 Å². The predicted octanol–water partition coefficient (Wildman–Crippen LogP) is 2.66. The van der Waals surface area contributed by atoms with Crippen LogP contribution < -0.4 is 10.6 Å². The number of para-hydroxylation sites is 1. The summed E-state index contributed by atoms with van der Waals surface area (Å²) < 4.78 is 14.1. The molecular formula is C16H22FN3O. The van der Waals surface area contributed by atoms with Gasteiger partial charge in [-0.05, 0) is 12.5 Å². The Balaban J connectivity index is 2.32. The maximum absolute atomic E-state index is 14.1. The molecule has 0 saturated heterocycles. The summed E-state index contributed by atoms with van der Waals surface area (Å²) in [6.45, 7) is 2.04. The molecule has 1 amide bonds. The Labute approximate surface area is 124 Å². The first kappa shape index (κ1) is 15.6. The zero-order chi connectivity index (χ0) is 15.4. The first-order chi connectivity index (χ1) is 10.0. The van der Waals surface area contributed by atoms with Crippen LogP contribution in [0.15, 0.2) is 29.3 Å². The molecule has 1 aromatic rings. The Morgan fingerprint density at radius 3 is 2.86 bits per heavy atom. The van der Waals surface area contributed by atoms with Gasteiger partial charge in [0.15, 0.2) is 6.17 Å². The molecule has 5 heteroatoms. The number of likely N-dealkylation sites (N-methyl/N-ethyl adjacent to an activating group) is 1. The van der Waals surface area contributed by atoms with Crippen molar-refractivity contribution in [3.63, 3.8) is 0 Å². The third-order valence-electron chi connectivity index (χ3n) is 3.74. The van der Waals surface area contributed by atoms with Crippen molar-refractivity contribution in [1.29, 1.82) is 0 Å². The monoisotopic (exact) mass is 291 g/mol. The number of anilines is 1. The zero-order valence-corrected chi connectivity index (χ0v) is 12.6. The van der Waals surface area contributed by atoms with Gasteiger partial charge >= 0.3 is 0 Å². The van der Waals surface area contributed by atoms with Crippen molar-refractivity contribution in [2.75, 3.05) is 11.9 Å². The van der Waals surface area contributed by atoms with Crippen LogP contribution >= 0.6 is 0 Å². The van der Waals surface area contributed by atoms with E-state index in [2.05, 4.69) is 4.99 Å². The molecule has 0 fully saturated rings. The van der Waals surface area contributed by atoms with Crippen molar-refractivity contribution < 1.29 is 9.18 Å². The molecule has 1 aliphatic heterocycles. The van der Waals surface area contributed by atoms with Gasteiger partial charge in [0.25, 0.3) is 5.91 Å². The summed E-state index contributed by atoms with van der Waals surface area (Å²) in [6, 6.07) is 7.41. The van der Waals surface area contributed by atoms with Gasteiger partial charge in [0.1, 0.15) is 6.17 Å². The molecule has 0 bridgehead atoms. The largest absolute Gasteiger partial charge is 0.312 e. The first-order valence-corrected chi connectivity index (χ1v) is 7.38. The number of carbonyl (C=O) groups is 1.